The first kappa shape index (κ1) is 6.55. The van der Waals surface area contributed by atoms with Crippen molar-refractivity contribution in [2.24, 2.45) is 5.73 Å². The summed E-state index contributed by atoms with van der Waals surface area (Å²) < 4.78 is 0. The molecule has 0 bridgehead atoms. The van der Waals surface area contributed by atoms with E-state index in [9.17, 15) is 4.79 Å². The maximum atomic E-state index is 10.8. The Kier molecular flexibility index (Phi) is 1.71. The van der Waals surface area contributed by atoms with Crippen LogP contribution in [0.2, 0.25) is 0 Å². The van der Waals surface area contributed by atoms with Gasteiger partial charge in [-0.3, -0.25) is 4.79 Å². The van der Waals surface area contributed by atoms with Gasteiger partial charge in [0.2, 0.25) is 5.91 Å². The average Bonchev–Trinajstić information content (AvgIpc) is 2.50. The molecule has 1 fully saturated rings. The van der Waals surface area contributed by atoms with Crippen LogP contribution in [-0.4, -0.2) is 18.0 Å². The van der Waals surface area contributed by atoms with Gasteiger partial charge in [-0.25, -0.2) is 0 Å². The second-order valence-electron chi connectivity index (χ2n) is 2.57. The molecule has 1 rings (SSSR count). The molecule has 1 aliphatic rings. The summed E-state index contributed by atoms with van der Waals surface area (Å²) in [7, 11) is 0. The Morgan fingerprint density at radius 3 is 2.67 bits per heavy atom. The Morgan fingerprint density at radius 1 is 1.78 bits per heavy atom. The van der Waals surface area contributed by atoms with Gasteiger partial charge in [0.05, 0.1) is 6.04 Å². The van der Waals surface area contributed by atoms with E-state index in [1.54, 1.807) is 6.92 Å². The molecule has 0 saturated heterocycles. The van der Waals surface area contributed by atoms with Crippen molar-refractivity contribution in [1.29, 1.82) is 0 Å². The van der Waals surface area contributed by atoms with Gasteiger partial charge in [0.1, 0.15) is 0 Å². The molecule has 3 N–H and O–H groups in total. The second-order valence-corrected chi connectivity index (χ2v) is 2.57. The number of nitrogens with two attached hydrogens (primary N) is 1. The summed E-state index contributed by atoms with van der Waals surface area (Å²) in [6.45, 7) is 1.69. The van der Waals surface area contributed by atoms with Gasteiger partial charge in [-0.05, 0) is 19.8 Å². The van der Waals surface area contributed by atoms with E-state index >= 15 is 0 Å². The van der Waals surface area contributed by atoms with Crippen LogP contribution in [-0.2, 0) is 4.79 Å². The number of carbonyl (C=O) groups is 1. The number of rotatable bonds is 2. The molecule has 0 unspecified atom stereocenters. The molecular weight excluding hydrogens is 116 g/mol. The summed E-state index contributed by atoms with van der Waals surface area (Å²) in [5, 5.41) is 2.79. The van der Waals surface area contributed by atoms with Crippen molar-refractivity contribution < 1.29 is 4.79 Å². The smallest absolute Gasteiger partial charge is 0.236 e. The average molecular weight is 128 g/mol. The van der Waals surface area contributed by atoms with E-state index in [0.717, 1.165) is 12.8 Å². The molecule has 0 radical (unpaired) electrons. The molecule has 0 aliphatic heterocycles. The predicted octanol–water partition coefficient (Wildman–Crippen LogP) is -0.388. The molecule has 1 saturated carbocycles. The summed E-state index contributed by atoms with van der Waals surface area (Å²) >= 11 is 0. The Hall–Kier alpha value is -0.570. The summed E-state index contributed by atoms with van der Waals surface area (Å²) in [6, 6.07) is 0.0779. The van der Waals surface area contributed by atoms with Gasteiger partial charge in [-0.2, -0.15) is 0 Å². The number of nitrogens with one attached hydrogen (secondary N) is 1. The Labute approximate surface area is 54.6 Å². The van der Waals surface area contributed by atoms with Crippen LogP contribution in [0.25, 0.3) is 0 Å². The van der Waals surface area contributed by atoms with Crippen molar-refractivity contribution in [1.82, 2.24) is 5.32 Å². The number of amides is 1. The van der Waals surface area contributed by atoms with Crippen molar-refractivity contribution in [2.45, 2.75) is 31.8 Å². The SMILES string of the molecule is C[C@H](N)C(=O)NC1CC1. The predicted molar refractivity (Wildman–Crippen MR) is 34.8 cm³/mol. The normalized spacial score (nSPS) is 21.1. The van der Waals surface area contributed by atoms with Crippen molar-refractivity contribution in [3.05, 3.63) is 0 Å². The fraction of sp³-hybridized carbons (Fsp3) is 0.833. The molecule has 1 aliphatic carbocycles. The molecule has 1 amide bonds. The molecule has 0 aromatic heterocycles. The van der Waals surface area contributed by atoms with E-state index in [1.807, 2.05) is 0 Å². The zero-order valence-corrected chi connectivity index (χ0v) is 5.55. The molecular formula is C6H12N2O. The van der Waals surface area contributed by atoms with Gasteiger partial charge in [0.25, 0.3) is 0 Å². The summed E-state index contributed by atoms with van der Waals surface area (Å²) in [5.74, 6) is -0.0301. The van der Waals surface area contributed by atoms with Crippen LogP contribution >= 0.6 is 0 Å². The quantitative estimate of drug-likeness (QED) is 0.532. The van der Waals surface area contributed by atoms with Gasteiger partial charge in [-0.15, -0.1) is 0 Å². The Morgan fingerprint density at radius 2 is 2.33 bits per heavy atom. The fourth-order valence-electron chi connectivity index (χ4n) is 0.560. The monoisotopic (exact) mass is 128 g/mol. The van der Waals surface area contributed by atoms with Crippen molar-refractivity contribution in [2.75, 3.05) is 0 Å². The van der Waals surface area contributed by atoms with Crippen LogP contribution in [0.5, 0.6) is 0 Å². The second kappa shape index (κ2) is 2.35. The maximum absolute atomic E-state index is 10.8. The van der Waals surface area contributed by atoms with Gasteiger partial charge in [0.15, 0.2) is 0 Å². The number of hydrogen-bond donors (Lipinski definition) is 2. The van der Waals surface area contributed by atoms with E-state index in [1.165, 1.54) is 0 Å². The topological polar surface area (TPSA) is 55.1 Å². The van der Waals surface area contributed by atoms with Crippen LogP contribution < -0.4 is 11.1 Å². The minimum Gasteiger partial charge on any atom is -0.352 e. The van der Waals surface area contributed by atoms with Crippen LogP contribution in [0, 0.1) is 0 Å². The van der Waals surface area contributed by atoms with E-state index in [2.05, 4.69) is 5.32 Å². The highest BCUT2D eigenvalue weighted by Crippen LogP contribution is 2.18. The molecule has 52 valence electrons. The minimum absolute atomic E-state index is 0.0301. The van der Waals surface area contributed by atoms with Gasteiger partial charge in [0, 0.05) is 6.04 Å². The molecule has 0 aromatic carbocycles. The summed E-state index contributed by atoms with van der Waals surface area (Å²) in [5.41, 5.74) is 5.30. The van der Waals surface area contributed by atoms with Gasteiger partial charge in [-0.1, -0.05) is 0 Å². The lowest BCUT2D eigenvalue weighted by atomic mass is 10.3. The van der Waals surface area contributed by atoms with Crippen molar-refractivity contribution in [3.8, 4) is 0 Å². The van der Waals surface area contributed by atoms with Crippen LogP contribution in [0.4, 0.5) is 0 Å². The first-order chi connectivity index (χ1) is 4.20. The zero-order chi connectivity index (χ0) is 6.85. The third-order valence-electron chi connectivity index (χ3n) is 1.34. The van der Waals surface area contributed by atoms with Crippen molar-refractivity contribution in [3.63, 3.8) is 0 Å². The van der Waals surface area contributed by atoms with Gasteiger partial charge >= 0.3 is 0 Å². The summed E-state index contributed by atoms with van der Waals surface area (Å²) in [6.07, 6.45) is 2.25. The first-order valence-corrected chi connectivity index (χ1v) is 3.26. The van der Waals surface area contributed by atoms with Crippen LogP contribution in [0.15, 0.2) is 0 Å². The van der Waals surface area contributed by atoms with E-state index < -0.39 is 0 Å². The molecule has 0 spiro atoms. The van der Waals surface area contributed by atoms with Crippen LogP contribution in [0.3, 0.4) is 0 Å². The highest BCUT2D eigenvalue weighted by atomic mass is 16.2. The lowest BCUT2D eigenvalue weighted by molar-refractivity contribution is -0.122. The van der Waals surface area contributed by atoms with E-state index in [-0.39, 0.29) is 11.9 Å². The molecule has 9 heavy (non-hydrogen) atoms. The molecule has 0 heterocycles. The standard InChI is InChI=1S/C6H12N2O/c1-4(7)6(9)8-5-2-3-5/h4-5H,2-3,7H2,1H3,(H,8,9)/t4-/m0/s1. The Bertz CT molecular complexity index is 118. The number of carbonyl (C=O) groups excluding carboxylic acids is 1. The van der Waals surface area contributed by atoms with Gasteiger partial charge < -0.3 is 11.1 Å². The van der Waals surface area contributed by atoms with E-state index in [0.29, 0.717) is 6.04 Å². The summed E-state index contributed by atoms with van der Waals surface area (Å²) in [4.78, 5) is 10.8. The molecule has 3 heteroatoms. The maximum Gasteiger partial charge on any atom is 0.236 e. The molecule has 0 aromatic rings. The highest BCUT2D eigenvalue weighted by Gasteiger charge is 2.24. The third-order valence-corrected chi connectivity index (χ3v) is 1.34. The van der Waals surface area contributed by atoms with Crippen LogP contribution in [0.1, 0.15) is 19.8 Å². The minimum atomic E-state index is -0.356. The number of hydrogen-bond acceptors (Lipinski definition) is 2. The molecule has 1 atom stereocenters. The molecule has 3 nitrogen and oxygen atoms in total. The largest absolute Gasteiger partial charge is 0.352 e. The zero-order valence-electron chi connectivity index (χ0n) is 5.55. The first-order valence-electron chi connectivity index (χ1n) is 3.26. The Balaban J connectivity index is 2.17. The lowest BCUT2D eigenvalue weighted by Crippen LogP contribution is -2.39. The fourth-order valence-corrected chi connectivity index (χ4v) is 0.560. The highest BCUT2D eigenvalue weighted by molar-refractivity contribution is 5.81. The van der Waals surface area contributed by atoms with Crippen molar-refractivity contribution >= 4 is 5.91 Å². The lowest BCUT2D eigenvalue weighted by Gasteiger charge is -2.04. The third kappa shape index (κ3) is 2.01. The van der Waals surface area contributed by atoms with E-state index in [4.69, 9.17) is 5.73 Å².